The Morgan fingerprint density at radius 2 is 2.36 bits per heavy atom. The second-order valence-corrected chi connectivity index (χ2v) is 5.84. The van der Waals surface area contributed by atoms with Crippen LogP contribution in [0.2, 0.25) is 0 Å². The van der Waals surface area contributed by atoms with E-state index in [1.54, 1.807) is 0 Å². The molecule has 80 valence electrons. The second kappa shape index (κ2) is 4.53. The highest BCUT2D eigenvalue weighted by Crippen LogP contribution is 2.26. The fourth-order valence-electron chi connectivity index (χ4n) is 1.96. The second-order valence-electron chi connectivity index (χ2n) is 4.37. The molecule has 0 aromatic heterocycles. The van der Waals surface area contributed by atoms with Gasteiger partial charge in [0.15, 0.2) is 0 Å². The average molecular weight is 214 g/mol. The molecule has 2 saturated heterocycles. The van der Waals surface area contributed by atoms with Gasteiger partial charge in [-0.25, -0.2) is 0 Å². The Hall–Kier alpha value is -0.220. The van der Waals surface area contributed by atoms with Gasteiger partial charge in [0, 0.05) is 23.5 Å². The standard InChI is InChI=1S/C10H18N2OS/c1-7-2-9(6-14-7)12-10(13)3-8-4-11-5-8/h7-9,11H,2-6H2,1H3,(H,12,13). The number of hydrogen-bond donors (Lipinski definition) is 2. The number of thioether (sulfide) groups is 1. The van der Waals surface area contributed by atoms with Gasteiger partial charge < -0.3 is 10.6 Å². The zero-order valence-electron chi connectivity index (χ0n) is 8.58. The predicted octanol–water partition coefficient (Wildman–Crippen LogP) is 0.606. The van der Waals surface area contributed by atoms with Crippen molar-refractivity contribution in [3.8, 4) is 0 Å². The Balaban J connectivity index is 1.66. The Labute approximate surface area is 89.4 Å². The topological polar surface area (TPSA) is 41.1 Å². The summed E-state index contributed by atoms with van der Waals surface area (Å²) >= 11 is 1.96. The van der Waals surface area contributed by atoms with Gasteiger partial charge in [-0.3, -0.25) is 4.79 Å². The first-order valence-electron chi connectivity index (χ1n) is 5.35. The SMILES string of the molecule is CC1CC(NC(=O)CC2CNC2)CS1. The molecule has 1 amide bonds. The molecular formula is C10H18N2OS. The summed E-state index contributed by atoms with van der Waals surface area (Å²) in [6, 6.07) is 0.426. The van der Waals surface area contributed by atoms with Gasteiger partial charge in [-0.15, -0.1) is 0 Å². The summed E-state index contributed by atoms with van der Waals surface area (Å²) in [5, 5.41) is 7.02. The highest BCUT2D eigenvalue weighted by molar-refractivity contribution is 8.00. The number of rotatable bonds is 3. The minimum atomic E-state index is 0.246. The zero-order chi connectivity index (χ0) is 9.97. The van der Waals surface area contributed by atoms with E-state index >= 15 is 0 Å². The lowest BCUT2D eigenvalue weighted by Gasteiger charge is -2.26. The Bertz CT molecular complexity index is 218. The van der Waals surface area contributed by atoms with E-state index in [0.29, 0.717) is 23.6 Å². The number of nitrogens with one attached hydrogen (secondary N) is 2. The highest BCUT2D eigenvalue weighted by atomic mass is 32.2. The van der Waals surface area contributed by atoms with Crippen LogP contribution in [0.3, 0.4) is 0 Å². The van der Waals surface area contributed by atoms with Crippen LogP contribution in [-0.4, -0.2) is 36.0 Å². The van der Waals surface area contributed by atoms with Crippen molar-refractivity contribution in [3.05, 3.63) is 0 Å². The molecule has 0 aromatic carbocycles. The van der Waals surface area contributed by atoms with Crippen LogP contribution in [0.5, 0.6) is 0 Å². The predicted molar refractivity (Wildman–Crippen MR) is 59.4 cm³/mol. The minimum Gasteiger partial charge on any atom is -0.352 e. The molecule has 2 atom stereocenters. The van der Waals surface area contributed by atoms with E-state index in [0.717, 1.165) is 25.3 Å². The largest absolute Gasteiger partial charge is 0.352 e. The van der Waals surface area contributed by atoms with Gasteiger partial charge in [0.25, 0.3) is 0 Å². The Kier molecular flexibility index (Phi) is 3.34. The third-order valence-electron chi connectivity index (χ3n) is 2.90. The lowest BCUT2D eigenvalue weighted by molar-refractivity contribution is -0.122. The monoisotopic (exact) mass is 214 g/mol. The van der Waals surface area contributed by atoms with Crippen molar-refractivity contribution in [3.63, 3.8) is 0 Å². The number of amides is 1. The molecule has 0 radical (unpaired) electrons. The van der Waals surface area contributed by atoms with Crippen molar-refractivity contribution in [2.75, 3.05) is 18.8 Å². The smallest absolute Gasteiger partial charge is 0.220 e. The fraction of sp³-hybridized carbons (Fsp3) is 0.900. The normalized spacial score (nSPS) is 32.6. The maximum absolute atomic E-state index is 11.6. The molecule has 2 aliphatic heterocycles. The first-order chi connectivity index (χ1) is 6.74. The lowest BCUT2D eigenvalue weighted by Crippen LogP contribution is -2.45. The molecular weight excluding hydrogens is 196 g/mol. The molecule has 0 bridgehead atoms. The third kappa shape index (κ3) is 2.64. The molecule has 3 nitrogen and oxygen atoms in total. The third-order valence-corrected chi connectivity index (χ3v) is 4.26. The van der Waals surface area contributed by atoms with Gasteiger partial charge in [-0.1, -0.05) is 6.92 Å². The van der Waals surface area contributed by atoms with Crippen LogP contribution in [0, 0.1) is 5.92 Å². The van der Waals surface area contributed by atoms with Gasteiger partial charge in [-0.05, 0) is 25.4 Å². The molecule has 0 saturated carbocycles. The molecule has 2 aliphatic rings. The molecule has 14 heavy (non-hydrogen) atoms. The first-order valence-corrected chi connectivity index (χ1v) is 6.40. The van der Waals surface area contributed by atoms with E-state index in [2.05, 4.69) is 17.6 Å². The molecule has 0 spiro atoms. The maximum Gasteiger partial charge on any atom is 0.220 e. The van der Waals surface area contributed by atoms with Crippen LogP contribution in [0.25, 0.3) is 0 Å². The first kappa shape index (κ1) is 10.3. The average Bonchev–Trinajstić information content (AvgIpc) is 2.44. The summed E-state index contributed by atoms with van der Waals surface area (Å²) in [5.41, 5.74) is 0. The van der Waals surface area contributed by atoms with Crippen LogP contribution in [0.15, 0.2) is 0 Å². The van der Waals surface area contributed by atoms with Crippen molar-refractivity contribution in [2.24, 2.45) is 5.92 Å². The molecule has 2 rings (SSSR count). The number of carbonyl (C=O) groups excluding carboxylic acids is 1. The summed E-state index contributed by atoms with van der Waals surface area (Å²) in [6.07, 6.45) is 1.85. The molecule has 0 aromatic rings. The maximum atomic E-state index is 11.6. The molecule has 2 heterocycles. The van der Waals surface area contributed by atoms with Crippen molar-refractivity contribution in [1.82, 2.24) is 10.6 Å². The lowest BCUT2D eigenvalue weighted by atomic mass is 9.99. The van der Waals surface area contributed by atoms with Crippen LogP contribution in [-0.2, 0) is 4.79 Å². The van der Waals surface area contributed by atoms with Gasteiger partial charge in [0.2, 0.25) is 5.91 Å². The zero-order valence-corrected chi connectivity index (χ0v) is 9.40. The van der Waals surface area contributed by atoms with Crippen molar-refractivity contribution in [2.45, 2.75) is 31.1 Å². The van der Waals surface area contributed by atoms with E-state index in [-0.39, 0.29) is 5.91 Å². The van der Waals surface area contributed by atoms with Crippen molar-refractivity contribution in [1.29, 1.82) is 0 Å². The highest BCUT2D eigenvalue weighted by Gasteiger charge is 2.25. The Morgan fingerprint density at radius 1 is 1.57 bits per heavy atom. The van der Waals surface area contributed by atoms with Crippen LogP contribution >= 0.6 is 11.8 Å². The number of hydrogen-bond acceptors (Lipinski definition) is 3. The van der Waals surface area contributed by atoms with E-state index < -0.39 is 0 Å². The van der Waals surface area contributed by atoms with Gasteiger partial charge in [0.05, 0.1) is 0 Å². The van der Waals surface area contributed by atoms with Crippen LogP contribution in [0.1, 0.15) is 19.8 Å². The van der Waals surface area contributed by atoms with Crippen molar-refractivity contribution >= 4 is 17.7 Å². The van der Waals surface area contributed by atoms with E-state index in [9.17, 15) is 4.79 Å². The molecule has 2 fully saturated rings. The minimum absolute atomic E-state index is 0.246. The van der Waals surface area contributed by atoms with Crippen LogP contribution < -0.4 is 10.6 Å². The van der Waals surface area contributed by atoms with Crippen molar-refractivity contribution < 1.29 is 4.79 Å². The van der Waals surface area contributed by atoms with Gasteiger partial charge in [0.1, 0.15) is 0 Å². The van der Waals surface area contributed by atoms with Gasteiger partial charge in [-0.2, -0.15) is 11.8 Å². The van der Waals surface area contributed by atoms with Crippen LogP contribution in [0.4, 0.5) is 0 Å². The summed E-state index contributed by atoms with van der Waals surface area (Å²) in [7, 11) is 0. The van der Waals surface area contributed by atoms with Gasteiger partial charge >= 0.3 is 0 Å². The summed E-state index contributed by atoms with van der Waals surface area (Å²) < 4.78 is 0. The summed E-state index contributed by atoms with van der Waals surface area (Å²) in [5.74, 6) is 1.92. The molecule has 2 unspecified atom stereocenters. The van der Waals surface area contributed by atoms with E-state index in [1.807, 2.05) is 11.8 Å². The molecule has 4 heteroatoms. The quantitative estimate of drug-likeness (QED) is 0.723. The molecule has 2 N–H and O–H groups in total. The van der Waals surface area contributed by atoms with E-state index in [1.165, 1.54) is 0 Å². The number of carbonyl (C=O) groups is 1. The summed E-state index contributed by atoms with van der Waals surface area (Å²) in [4.78, 5) is 11.6. The fourth-order valence-corrected chi connectivity index (χ4v) is 3.11. The molecule has 0 aliphatic carbocycles. The Morgan fingerprint density at radius 3 is 2.86 bits per heavy atom. The van der Waals surface area contributed by atoms with E-state index in [4.69, 9.17) is 0 Å². The summed E-state index contributed by atoms with van der Waals surface area (Å²) in [6.45, 7) is 4.26.